The molecular weight excluding hydrogens is 226 g/mol. The standard InChI is InChI=1S/C9H10F2O3S/c1-14-8-3-2-7(9(10)6-8)4-5-15(11,12)13/h2-3,6H,4-5H2,1H3. The van der Waals surface area contributed by atoms with E-state index in [2.05, 4.69) is 0 Å². The first-order valence-electron chi connectivity index (χ1n) is 4.17. The van der Waals surface area contributed by atoms with Crippen LogP contribution in [0, 0.1) is 5.82 Å². The quantitative estimate of drug-likeness (QED) is 0.747. The van der Waals surface area contributed by atoms with Gasteiger partial charge in [0.25, 0.3) is 0 Å². The van der Waals surface area contributed by atoms with Crippen molar-refractivity contribution < 1.29 is 21.4 Å². The highest BCUT2D eigenvalue weighted by molar-refractivity contribution is 7.86. The van der Waals surface area contributed by atoms with Crippen molar-refractivity contribution in [1.82, 2.24) is 0 Å². The van der Waals surface area contributed by atoms with Gasteiger partial charge in [-0.25, -0.2) is 4.39 Å². The summed E-state index contributed by atoms with van der Waals surface area (Å²) in [5, 5.41) is 0. The molecule has 0 fully saturated rings. The number of ether oxygens (including phenoxy) is 1. The molecule has 0 radical (unpaired) electrons. The second-order valence-electron chi connectivity index (χ2n) is 2.95. The first-order chi connectivity index (χ1) is 6.92. The van der Waals surface area contributed by atoms with Gasteiger partial charge in [0.2, 0.25) is 0 Å². The predicted molar refractivity (Wildman–Crippen MR) is 51.6 cm³/mol. The normalized spacial score (nSPS) is 11.4. The maximum atomic E-state index is 13.2. The summed E-state index contributed by atoms with van der Waals surface area (Å²) >= 11 is 0. The topological polar surface area (TPSA) is 43.4 Å². The van der Waals surface area contributed by atoms with Crippen molar-refractivity contribution in [3.63, 3.8) is 0 Å². The lowest BCUT2D eigenvalue weighted by atomic mass is 10.1. The fourth-order valence-corrected chi connectivity index (χ4v) is 1.55. The average Bonchev–Trinajstić information content (AvgIpc) is 2.14. The van der Waals surface area contributed by atoms with Gasteiger partial charge < -0.3 is 4.74 Å². The van der Waals surface area contributed by atoms with Crippen LogP contribution in [0.3, 0.4) is 0 Å². The molecule has 0 saturated carbocycles. The molecule has 0 bridgehead atoms. The Morgan fingerprint density at radius 3 is 2.53 bits per heavy atom. The highest BCUT2D eigenvalue weighted by atomic mass is 32.3. The molecule has 0 unspecified atom stereocenters. The monoisotopic (exact) mass is 236 g/mol. The fourth-order valence-electron chi connectivity index (χ4n) is 1.09. The van der Waals surface area contributed by atoms with Crippen LogP contribution < -0.4 is 4.74 Å². The molecule has 0 amide bonds. The molecule has 0 aliphatic carbocycles. The van der Waals surface area contributed by atoms with E-state index in [4.69, 9.17) is 4.74 Å². The van der Waals surface area contributed by atoms with Crippen molar-refractivity contribution >= 4 is 10.2 Å². The molecule has 1 aromatic carbocycles. The SMILES string of the molecule is COc1ccc(CCS(=O)(=O)F)c(F)c1. The Balaban J connectivity index is 2.79. The molecule has 0 aromatic heterocycles. The number of hydrogen-bond acceptors (Lipinski definition) is 3. The van der Waals surface area contributed by atoms with Crippen LogP contribution in [0.25, 0.3) is 0 Å². The van der Waals surface area contributed by atoms with Crippen LogP contribution in [0.2, 0.25) is 0 Å². The summed E-state index contributed by atoms with van der Waals surface area (Å²) in [6, 6.07) is 3.99. The first kappa shape index (κ1) is 11.9. The molecule has 6 heteroatoms. The minimum Gasteiger partial charge on any atom is -0.497 e. The molecule has 1 rings (SSSR count). The highest BCUT2D eigenvalue weighted by Crippen LogP contribution is 2.17. The van der Waals surface area contributed by atoms with E-state index in [0.29, 0.717) is 5.75 Å². The summed E-state index contributed by atoms with van der Waals surface area (Å²) in [5.74, 6) is -0.978. The van der Waals surface area contributed by atoms with Gasteiger partial charge in [0.1, 0.15) is 11.6 Å². The van der Waals surface area contributed by atoms with Gasteiger partial charge in [-0.15, -0.1) is 3.89 Å². The molecular formula is C9H10F2O3S. The molecule has 0 heterocycles. The highest BCUT2D eigenvalue weighted by Gasteiger charge is 2.10. The summed E-state index contributed by atoms with van der Waals surface area (Å²) < 4.78 is 50.6. The number of halogens is 2. The molecule has 1 aromatic rings. The molecule has 0 N–H and O–H groups in total. The molecule has 0 aliphatic heterocycles. The van der Waals surface area contributed by atoms with Gasteiger partial charge in [0.15, 0.2) is 0 Å². The zero-order valence-electron chi connectivity index (χ0n) is 8.04. The third-order valence-electron chi connectivity index (χ3n) is 1.88. The van der Waals surface area contributed by atoms with Crippen LogP contribution in [0.4, 0.5) is 8.28 Å². The van der Waals surface area contributed by atoms with E-state index in [1.807, 2.05) is 0 Å². The summed E-state index contributed by atoms with van der Waals surface area (Å²) in [6.45, 7) is 0. The third kappa shape index (κ3) is 3.83. The summed E-state index contributed by atoms with van der Waals surface area (Å²) in [7, 11) is -3.16. The van der Waals surface area contributed by atoms with Crippen LogP contribution in [-0.4, -0.2) is 21.3 Å². The van der Waals surface area contributed by atoms with Crippen LogP contribution in [0.15, 0.2) is 18.2 Å². The van der Waals surface area contributed by atoms with Crippen molar-refractivity contribution in [1.29, 1.82) is 0 Å². The first-order valence-corrected chi connectivity index (χ1v) is 5.72. The van der Waals surface area contributed by atoms with E-state index in [1.54, 1.807) is 0 Å². The predicted octanol–water partition coefficient (Wildman–Crippen LogP) is 1.68. The van der Waals surface area contributed by atoms with Crippen molar-refractivity contribution in [3.8, 4) is 5.75 Å². The third-order valence-corrected chi connectivity index (χ3v) is 2.57. The van der Waals surface area contributed by atoms with Crippen molar-refractivity contribution in [2.75, 3.05) is 12.9 Å². The zero-order chi connectivity index (χ0) is 11.5. The Labute approximate surface area is 86.9 Å². The van der Waals surface area contributed by atoms with E-state index < -0.39 is 21.8 Å². The maximum Gasteiger partial charge on any atom is 0.302 e. The van der Waals surface area contributed by atoms with Crippen LogP contribution >= 0.6 is 0 Å². The molecule has 0 spiro atoms. The minimum atomic E-state index is -4.55. The summed E-state index contributed by atoms with van der Waals surface area (Å²) in [6.07, 6.45) is -0.186. The van der Waals surface area contributed by atoms with Gasteiger partial charge in [-0.05, 0) is 18.1 Å². The van der Waals surface area contributed by atoms with Gasteiger partial charge in [-0.3, -0.25) is 0 Å². The zero-order valence-corrected chi connectivity index (χ0v) is 8.85. The molecule has 3 nitrogen and oxygen atoms in total. The molecule has 0 aliphatic rings. The molecule has 15 heavy (non-hydrogen) atoms. The lowest BCUT2D eigenvalue weighted by molar-refractivity contribution is 0.410. The number of methoxy groups -OCH3 is 1. The maximum absolute atomic E-state index is 13.2. The van der Waals surface area contributed by atoms with E-state index in [0.717, 1.165) is 6.07 Å². The molecule has 0 atom stereocenters. The molecule has 84 valence electrons. The van der Waals surface area contributed by atoms with Crippen molar-refractivity contribution in [2.24, 2.45) is 0 Å². The minimum absolute atomic E-state index is 0.150. The second kappa shape index (κ2) is 4.57. The Morgan fingerprint density at radius 2 is 2.07 bits per heavy atom. The number of benzene rings is 1. The Morgan fingerprint density at radius 1 is 1.40 bits per heavy atom. The summed E-state index contributed by atoms with van der Waals surface area (Å²) in [4.78, 5) is 0. The Hall–Kier alpha value is -1.17. The van der Waals surface area contributed by atoms with E-state index in [9.17, 15) is 16.7 Å². The average molecular weight is 236 g/mol. The second-order valence-corrected chi connectivity index (χ2v) is 4.44. The van der Waals surface area contributed by atoms with Gasteiger partial charge >= 0.3 is 10.2 Å². The fraction of sp³-hybridized carbons (Fsp3) is 0.333. The largest absolute Gasteiger partial charge is 0.497 e. The van der Waals surface area contributed by atoms with Gasteiger partial charge in [0, 0.05) is 6.07 Å². The van der Waals surface area contributed by atoms with Crippen molar-refractivity contribution in [2.45, 2.75) is 6.42 Å². The van der Waals surface area contributed by atoms with Gasteiger partial charge in [0.05, 0.1) is 12.9 Å². The number of rotatable bonds is 4. The Bertz CT molecular complexity index is 443. The smallest absolute Gasteiger partial charge is 0.302 e. The lowest BCUT2D eigenvalue weighted by Crippen LogP contribution is -2.03. The molecule has 0 saturated heterocycles. The van der Waals surface area contributed by atoms with E-state index >= 15 is 0 Å². The Kier molecular flexibility index (Phi) is 3.62. The van der Waals surface area contributed by atoms with Crippen molar-refractivity contribution in [3.05, 3.63) is 29.6 Å². The van der Waals surface area contributed by atoms with Crippen LogP contribution in [0.1, 0.15) is 5.56 Å². The van der Waals surface area contributed by atoms with E-state index in [1.165, 1.54) is 19.2 Å². The number of hydrogen-bond donors (Lipinski definition) is 0. The van der Waals surface area contributed by atoms with Gasteiger partial charge in [-0.1, -0.05) is 6.07 Å². The van der Waals surface area contributed by atoms with Gasteiger partial charge in [-0.2, -0.15) is 8.42 Å². The lowest BCUT2D eigenvalue weighted by Gasteiger charge is -2.03. The van der Waals surface area contributed by atoms with E-state index in [-0.39, 0.29) is 12.0 Å². The van der Waals surface area contributed by atoms with Crippen LogP contribution in [0.5, 0.6) is 5.75 Å². The summed E-state index contributed by atoms with van der Waals surface area (Å²) in [5.41, 5.74) is 0.150. The number of aryl methyl sites for hydroxylation is 1. The van der Waals surface area contributed by atoms with Crippen LogP contribution in [-0.2, 0) is 16.6 Å².